The van der Waals surface area contributed by atoms with Gasteiger partial charge in [0, 0.05) is 7.05 Å². The van der Waals surface area contributed by atoms with Gasteiger partial charge in [-0.2, -0.15) is 5.10 Å². The van der Waals surface area contributed by atoms with Gasteiger partial charge in [-0.05, 0) is 12.5 Å². The fourth-order valence-electron chi connectivity index (χ4n) is 1.74. The summed E-state index contributed by atoms with van der Waals surface area (Å²) in [5, 5.41) is 4.30. The van der Waals surface area contributed by atoms with E-state index in [1.807, 2.05) is 44.3 Å². The highest BCUT2D eigenvalue weighted by atomic mass is 35.5. The first-order valence-corrected chi connectivity index (χ1v) is 6.01. The van der Waals surface area contributed by atoms with Gasteiger partial charge in [0.1, 0.15) is 6.61 Å². The third kappa shape index (κ3) is 2.61. The van der Waals surface area contributed by atoms with Crippen LogP contribution < -0.4 is 4.74 Å². The van der Waals surface area contributed by atoms with E-state index >= 15 is 0 Å². The lowest BCUT2D eigenvalue weighted by molar-refractivity contribution is 0.276. The van der Waals surface area contributed by atoms with Crippen LogP contribution in [0.2, 0.25) is 0 Å². The van der Waals surface area contributed by atoms with Crippen molar-refractivity contribution in [3.8, 4) is 5.88 Å². The van der Waals surface area contributed by atoms with Crippen molar-refractivity contribution in [2.45, 2.75) is 19.4 Å². The Balaban J connectivity index is 2.14. The van der Waals surface area contributed by atoms with Crippen molar-refractivity contribution < 1.29 is 4.74 Å². The second-order valence-corrected chi connectivity index (χ2v) is 4.17. The fourth-order valence-corrected chi connectivity index (χ4v) is 2.05. The van der Waals surface area contributed by atoms with Crippen molar-refractivity contribution in [2.24, 2.45) is 7.05 Å². The summed E-state index contributed by atoms with van der Waals surface area (Å²) < 4.78 is 7.51. The first kappa shape index (κ1) is 12.0. The lowest BCUT2D eigenvalue weighted by Gasteiger charge is -2.07. The Morgan fingerprint density at radius 1 is 1.29 bits per heavy atom. The molecule has 0 N–H and O–H groups in total. The number of hydrogen-bond donors (Lipinski definition) is 0. The number of aromatic nitrogens is 2. The van der Waals surface area contributed by atoms with Crippen LogP contribution in [-0.2, 0) is 19.5 Å². The van der Waals surface area contributed by atoms with Gasteiger partial charge in [0.05, 0.1) is 17.1 Å². The molecule has 1 aromatic heterocycles. The highest BCUT2D eigenvalue weighted by Crippen LogP contribution is 2.23. The molecular formula is C13H15ClN2O. The van der Waals surface area contributed by atoms with Crippen LogP contribution in [0, 0.1) is 6.92 Å². The van der Waals surface area contributed by atoms with E-state index in [-0.39, 0.29) is 0 Å². The van der Waals surface area contributed by atoms with E-state index in [1.54, 1.807) is 4.68 Å². The Morgan fingerprint density at radius 2 is 2.00 bits per heavy atom. The zero-order chi connectivity index (χ0) is 12.3. The first-order chi connectivity index (χ1) is 8.22. The van der Waals surface area contributed by atoms with E-state index in [2.05, 4.69) is 5.10 Å². The van der Waals surface area contributed by atoms with E-state index in [0.29, 0.717) is 12.5 Å². The molecule has 2 aromatic rings. The van der Waals surface area contributed by atoms with Gasteiger partial charge in [-0.25, -0.2) is 4.68 Å². The minimum absolute atomic E-state index is 0.420. The van der Waals surface area contributed by atoms with Crippen molar-refractivity contribution in [3.05, 3.63) is 47.2 Å². The summed E-state index contributed by atoms with van der Waals surface area (Å²) in [6.45, 7) is 2.47. The Bertz CT molecular complexity index is 494. The van der Waals surface area contributed by atoms with Gasteiger partial charge in [-0.15, -0.1) is 11.6 Å². The summed E-state index contributed by atoms with van der Waals surface area (Å²) in [5.74, 6) is 1.17. The molecule has 17 heavy (non-hydrogen) atoms. The summed E-state index contributed by atoms with van der Waals surface area (Å²) in [6.07, 6.45) is 0. The summed E-state index contributed by atoms with van der Waals surface area (Å²) in [7, 11) is 1.86. The van der Waals surface area contributed by atoms with Crippen LogP contribution in [0.25, 0.3) is 0 Å². The number of nitrogens with zero attached hydrogens (tertiary/aromatic N) is 2. The van der Waals surface area contributed by atoms with E-state index < -0.39 is 0 Å². The average molecular weight is 251 g/mol. The Kier molecular flexibility index (Phi) is 3.69. The molecule has 0 aliphatic heterocycles. The van der Waals surface area contributed by atoms with Crippen molar-refractivity contribution in [1.82, 2.24) is 9.78 Å². The third-order valence-corrected chi connectivity index (χ3v) is 2.91. The molecule has 0 fully saturated rings. The molecular weight excluding hydrogens is 236 g/mol. The maximum Gasteiger partial charge on any atom is 0.216 e. The first-order valence-electron chi connectivity index (χ1n) is 5.47. The molecule has 0 spiro atoms. The van der Waals surface area contributed by atoms with Crippen LogP contribution in [-0.4, -0.2) is 9.78 Å². The monoisotopic (exact) mass is 250 g/mol. The van der Waals surface area contributed by atoms with Crippen molar-refractivity contribution in [3.63, 3.8) is 0 Å². The Hall–Kier alpha value is -1.48. The molecule has 0 saturated heterocycles. The van der Waals surface area contributed by atoms with Gasteiger partial charge < -0.3 is 4.74 Å². The summed E-state index contributed by atoms with van der Waals surface area (Å²) in [5.41, 5.74) is 3.02. The van der Waals surface area contributed by atoms with Crippen molar-refractivity contribution >= 4 is 11.6 Å². The number of rotatable bonds is 4. The topological polar surface area (TPSA) is 27.1 Å². The van der Waals surface area contributed by atoms with E-state index in [9.17, 15) is 0 Å². The minimum atomic E-state index is 0.420. The molecule has 0 amide bonds. The predicted molar refractivity (Wildman–Crippen MR) is 68.3 cm³/mol. The second-order valence-electron chi connectivity index (χ2n) is 3.90. The minimum Gasteiger partial charge on any atom is -0.473 e. The van der Waals surface area contributed by atoms with Crippen LogP contribution in [0.5, 0.6) is 5.88 Å². The van der Waals surface area contributed by atoms with Gasteiger partial charge in [0.25, 0.3) is 0 Å². The Labute approximate surface area is 106 Å². The molecule has 0 bridgehead atoms. The van der Waals surface area contributed by atoms with Gasteiger partial charge in [0.15, 0.2) is 0 Å². The lowest BCUT2D eigenvalue weighted by Crippen LogP contribution is -2.02. The summed E-state index contributed by atoms with van der Waals surface area (Å²) in [6, 6.07) is 10.0. The Morgan fingerprint density at radius 3 is 2.65 bits per heavy atom. The maximum absolute atomic E-state index is 5.90. The number of halogens is 1. The summed E-state index contributed by atoms with van der Waals surface area (Å²) in [4.78, 5) is 0. The smallest absolute Gasteiger partial charge is 0.216 e. The van der Waals surface area contributed by atoms with E-state index in [1.165, 1.54) is 0 Å². The highest BCUT2D eigenvalue weighted by molar-refractivity contribution is 6.17. The highest BCUT2D eigenvalue weighted by Gasteiger charge is 2.13. The third-order valence-electron chi connectivity index (χ3n) is 2.64. The second kappa shape index (κ2) is 5.23. The molecule has 0 radical (unpaired) electrons. The largest absolute Gasteiger partial charge is 0.473 e. The van der Waals surface area contributed by atoms with Crippen LogP contribution in [0.15, 0.2) is 30.3 Å². The molecule has 1 heterocycles. The lowest BCUT2D eigenvalue weighted by atomic mass is 10.2. The molecule has 0 atom stereocenters. The molecule has 0 aliphatic rings. The number of aryl methyl sites for hydroxylation is 2. The van der Waals surface area contributed by atoms with Gasteiger partial charge >= 0.3 is 0 Å². The SMILES string of the molecule is Cc1nn(C)c(OCc2ccccc2)c1CCl. The normalized spacial score (nSPS) is 10.5. The molecule has 90 valence electrons. The zero-order valence-electron chi connectivity index (χ0n) is 9.98. The van der Waals surface area contributed by atoms with Gasteiger partial charge in [0.2, 0.25) is 5.88 Å². The van der Waals surface area contributed by atoms with Crippen LogP contribution in [0.4, 0.5) is 0 Å². The van der Waals surface area contributed by atoms with Crippen molar-refractivity contribution in [2.75, 3.05) is 0 Å². The molecule has 2 rings (SSSR count). The number of hydrogen-bond acceptors (Lipinski definition) is 2. The molecule has 0 saturated carbocycles. The van der Waals surface area contributed by atoms with Crippen LogP contribution in [0.3, 0.4) is 0 Å². The molecule has 0 aliphatic carbocycles. The molecule has 4 heteroatoms. The van der Waals surface area contributed by atoms with E-state index in [4.69, 9.17) is 16.3 Å². The van der Waals surface area contributed by atoms with E-state index in [0.717, 1.165) is 22.7 Å². The van der Waals surface area contributed by atoms with Crippen LogP contribution >= 0.6 is 11.6 Å². The summed E-state index contributed by atoms with van der Waals surface area (Å²) >= 11 is 5.90. The zero-order valence-corrected chi connectivity index (χ0v) is 10.7. The standard InChI is InChI=1S/C13H15ClN2O/c1-10-12(8-14)13(16(2)15-10)17-9-11-6-4-3-5-7-11/h3-7H,8-9H2,1-2H3. The quantitative estimate of drug-likeness (QED) is 0.780. The molecule has 3 nitrogen and oxygen atoms in total. The van der Waals surface area contributed by atoms with Gasteiger partial charge in [-0.1, -0.05) is 30.3 Å². The number of alkyl halides is 1. The number of ether oxygens (including phenoxy) is 1. The maximum atomic E-state index is 5.90. The molecule has 0 unspecified atom stereocenters. The fraction of sp³-hybridized carbons (Fsp3) is 0.308. The average Bonchev–Trinajstić information content (AvgIpc) is 2.62. The van der Waals surface area contributed by atoms with Gasteiger partial charge in [-0.3, -0.25) is 0 Å². The molecule has 1 aromatic carbocycles. The van der Waals surface area contributed by atoms with Crippen LogP contribution in [0.1, 0.15) is 16.8 Å². The predicted octanol–water partition coefficient (Wildman–Crippen LogP) is 3.05. The number of benzene rings is 1. The van der Waals surface area contributed by atoms with Crippen molar-refractivity contribution in [1.29, 1.82) is 0 Å².